The molecule has 0 saturated carbocycles. The number of unbranched alkanes of at least 4 members (excludes halogenated alkanes) is 2. The van der Waals surface area contributed by atoms with Gasteiger partial charge in [-0.15, -0.1) is 11.3 Å². The number of nitrogens with one attached hydrogen (secondary N) is 1. The van der Waals surface area contributed by atoms with Crippen LogP contribution in [0.15, 0.2) is 11.6 Å². The molecule has 0 aliphatic heterocycles. The molecule has 0 spiro atoms. The molecule has 0 fully saturated rings. The molecule has 3 nitrogen and oxygen atoms in total. The third-order valence-electron chi connectivity index (χ3n) is 1.54. The second kappa shape index (κ2) is 5.97. The van der Waals surface area contributed by atoms with Crippen LogP contribution in [-0.2, 0) is 0 Å². The average Bonchev–Trinajstić information content (AvgIpc) is 2.57. The van der Waals surface area contributed by atoms with Crippen molar-refractivity contribution < 1.29 is 5.11 Å². The van der Waals surface area contributed by atoms with Gasteiger partial charge in [0.05, 0.1) is 0 Å². The van der Waals surface area contributed by atoms with Crippen molar-refractivity contribution in [2.45, 2.75) is 19.3 Å². The molecule has 0 bridgehead atoms. The minimum Gasteiger partial charge on any atom is -0.396 e. The van der Waals surface area contributed by atoms with Crippen LogP contribution in [0.5, 0.6) is 0 Å². The van der Waals surface area contributed by atoms with Crippen LogP contribution in [0.25, 0.3) is 0 Å². The fourth-order valence-corrected chi connectivity index (χ4v) is 1.48. The lowest BCUT2D eigenvalue weighted by Gasteiger charge is -2.00. The average molecular weight is 186 g/mol. The molecule has 0 unspecified atom stereocenters. The highest BCUT2D eigenvalue weighted by molar-refractivity contribution is 7.13. The molecule has 0 radical (unpaired) electrons. The van der Waals surface area contributed by atoms with Gasteiger partial charge in [0.15, 0.2) is 5.13 Å². The van der Waals surface area contributed by atoms with Crippen LogP contribution in [0.4, 0.5) is 5.13 Å². The molecule has 0 aromatic carbocycles. The van der Waals surface area contributed by atoms with Gasteiger partial charge in [-0.25, -0.2) is 4.98 Å². The first-order chi connectivity index (χ1) is 5.93. The van der Waals surface area contributed by atoms with E-state index in [9.17, 15) is 0 Å². The Labute approximate surface area is 76.5 Å². The Morgan fingerprint density at radius 1 is 1.42 bits per heavy atom. The molecule has 0 aliphatic carbocycles. The number of anilines is 1. The summed E-state index contributed by atoms with van der Waals surface area (Å²) in [7, 11) is 0. The summed E-state index contributed by atoms with van der Waals surface area (Å²) >= 11 is 1.62. The summed E-state index contributed by atoms with van der Waals surface area (Å²) in [5, 5.41) is 14.7. The van der Waals surface area contributed by atoms with Gasteiger partial charge in [-0.3, -0.25) is 0 Å². The first-order valence-corrected chi connectivity index (χ1v) is 5.05. The van der Waals surface area contributed by atoms with Crippen LogP contribution in [0.3, 0.4) is 0 Å². The summed E-state index contributed by atoms with van der Waals surface area (Å²) in [6.45, 7) is 1.25. The Kier molecular flexibility index (Phi) is 4.71. The lowest BCUT2D eigenvalue weighted by molar-refractivity contribution is 0.283. The van der Waals surface area contributed by atoms with Gasteiger partial charge in [-0.05, 0) is 19.3 Å². The Morgan fingerprint density at radius 2 is 2.33 bits per heavy atom. The molecule has 1 rings (SSSR count). The topological polar surface area (TPSA) is 45.1 Å². The predicted molar refractivity (Wildman–Crippen MR) is 51.5 cm³/mol. The van der Waals surface area contributed by atoms with Gasteiger partial charge in [-0.2, -0.15) is 0 Å². The van der Waals surface area contributed by atoms with Crippen LogP contribution in [0.2, 0.25) is 0 Å². The van der Waals surface area contributed by atoms with Crippen LogP contribution >= 0.6 is 11.3 Å². The highest BCUT2D eigenvalue weighted by Crippen LogP contribution is 2.10. The monoisotopic (exact) mass is 186 g/mol. The number of aliphatic hydroxyl groups excluding tert-OH is 1. The van der Waals surface area contributed by atoms with Crippen molar-refractivity contribution in [1.82, 2.24) is 4.98 Å². The molecular weight excluding hydrogens is 172 g/mol. The second-order valence-corrected chi connectivity index (χ2v) is 3.44. The van der Waals surface area contributed by atoms with E-state index in [4.69, 9.17) is 5.11 Å². The Bertz CT molecular complexity index is 189. The lowest BCUT2D eigenvalue weighted by atomic mass is 10.2. The fourth-order valence-electron chi connectivity index (χ4n) is 0.920. The molecule has 1 aromatic heterocycles. The van der Waals surface area contributed by atoms with E-state index >= 15 is 0 Å². The molecule has 68 valence electrons. The predicted octanol–water partition coefficient (Wildman–Crippen LogP) is 1.72. The largest absolute Gasteiger partial charge is 0.396 e. The van der Waals surface area contributed by atoms with Gasteiger partial charge in [-0.1, -0.05) is 0 Å². The Balaban J connectivity index is 1.96. The van der Waals surface area contributed by atoms with Crippen molar-refractivity contribution in [3.63, 3.8) is 0 Å². The highest BCUT2D eigenvalue weighted by atomic mass is 32.1. The molecule has 0 aliphatic rings. The van der Waals surface area contributed by atoms with E-state index in [2.05, 4.69) is 10.3 Å². The number of rotatable bonds is 6. The van der Waals surface area contributed by atoms with Crippen LogP contribution in [-0.4, -0.2) is 23.2 Å². The van der Waals surface area contributed by atoms with E-state index in [1.807, 2.05) is 5.38 Å². The molecule has 4 heteroatoms. The summed E-state index contributed by atoms with van der Waals surface area (Å²) in [4.78, 5) is 4.09. The summed E-state index contributed by atoms with van der Waals surface area (Å²) in [6.07, 6.45) is 4.87. The minimum absolute atomic E-state index is 0.303. The first kappa shape index (κ1) is 9.48. The molecule has 1 aromatic rings. The number of aromatic nitrogens is 1. The third kappa shape index (κ3) is 3.69. The maximum absolute atomic E-state index is 8.52. The molecule has 2 N–H and O–H groups in total. The van der Waals surface area contributed by atoms with Crippen molar-refractivity contribution in [2.24, 2.45) is 0 Å². The van der Waals surface area contributed by atoms with Crippen molar-refractivity contribution in [3.8, 4) is 0 Å². The lowest BCUT2D eigenvalue weighted by Crippen LogP contribution is -2.00. The van der Waals surface area contributed by atoms with Crippen LogP contribution in [0.1, 0.15) is 19.3 Å². The maximum atomic E-state index is 8.52. The van der Waals surface area contributed by atoms with E-state index in [1.54, 1.807) is 17.5 Å². The van der Waals surface area contributed by atoms with Crippen molar-refractivity contribution >= 4 is 16.5 Å². The standard InChI is InChI=1S/C8H14N2OS/c11-6-3-1-2-4-9-8-10-5-7-12-8/h5,7,11H,1-4,6H2,(H,9,10). The Hall–Kier alpha value is -0.610. The number of thiazole rings is 1. The van der Waals surface area contributed by atoms with Crippen molar-refractivity contribution in [2.75, 3.05) is 18.5 Å². The van der Waals surface area contributed by atoms with Gasteiger partial charge >= 0.3 is 0 Å². The molecule has 0 atom stereocenters. The van der Waals surface area contributed by atoms with E-state index in [1.165, 1.54) is 0 Å². The van der Waals surface area contributed by atoms with E-state index < -0.39 is 0 Å². The second-order valence-electron chi connectivity index (χ2n) is 2.55. The van der Waals surface area contributed by atoms with Gasteiger partial charge in [0.1, 0.15) is 0 Å². The molecule has 0 amide bonds. The Morgan fingerprint density at radius 3 is 3.00 bits per heavy atom. The third-order valence-corrected chi connectivity index (χ3v) is 2.27. The fraction of sp³-hybridized carbons (Fsp3) is 0.625. The molecule has 12 heavy (non-hydrogen) atoms. The number of hydrogen-bond acceptors (Lipinski definition) is 4. The van der Waals surface area contributed by atoms with E-state index in [0.29, 0.717) is 6.61 Å². The van der Waals surface area contributed by atoms with E-state index in [-0.39, 0.29) is 0 Å². The van der Waals surface area contributed by atoms with Gasteiger partial charge in [0, 0.05) is 24.7 Å². The molecular formula is C8H14N2OS. The van der Waals surface area contributed by atoms with Gasteiger partial charge < -0.3 is 10.4 Å². The van der Waals surface area contributed by atoms with Crippen molar-refractivity contribution in [1.29, 1.82) is 0 Å². The number of aliphatic hydroxyl groups is 1. The zero-order chi connectivity index (χ0) is 8.65. The zero-order valence-corrected chi connectivity index (χ0v) is 7.81. The number of hydrogen-bond donors (Lipinski definition) is 2. The van der Waals surface area contributed by atoms with E-state index in [0.717, 1.165) is 30.9 Å². The van der Waals surface area contributed by atoms with Crippen LogP contribution in [0, 0.1) is 0 Å². The van der Waals surface area contributed by atoms with Crippen molar-refractivity contribution in [3.05, 3.63) is 11.6 Å². The minimum atomic E-state index is 0.303. The SMILES string of the molecule is OCCCCCNc1nccs1. The van der Waals surface area contributed by atoms with Crippen LogP contribution < -0.4 is 5.32 Å². The smallest absolute Gasteiger partial charge is 0.182 e. The maximum Gasteiger partial charge on any atom is 0.182 e. The molecule has 1 heterocycles. The first-order valence-electron chi connectivity index (χ1n) is 4.17. The summed E-state index contributed by atoms with van der Waals surface area (Å²) in [5.41, 5.74) is 0. The quantitative estimate of drug-likeness (QED) is 0.665. The molecule has 0 saturated heterocycles. The van der Waals surface area contributed by atoms with Gasteiger partial charge in [0.25, 0.3) is 0 Å². The van der Waals surface area contributed by atoms with Gasteiger partial charge in [0.2, 0.25) is 0 Å². The summed E-state index contributed by atoms with van der Waals surface area (Å²) in [5.74, 6) is 0. The number of nitrogens with zero attached hydrogens (tertiary/aromatic N) is 1. The highest BCUT2D eigenvalue weighted by Gasteiger charge is 1.92. The summed E-state index contributed by atoms with van der Waals surface area (Å²) < 4.78 is 0. The zero-order valence-electron chi connectivity index (χ0n) is 6.99. The summed E-state index contributed by atoms with van der Waals surface area (Å²) in [6, 6.07) is 0. The normalized spacial score (nSPS) is 10.1.